The molecule has 1 aromatic carbocycles. The van der Waals surface area contributed by atoms with Gasteiger partial charge in [0.05, 0.1) is 4.47 Å². The number of hydrogen-bond donors (Lipinski definition) is 1. The summed E-state index contributed by atoms with van der Waals surface area (Å²) >= 11 is 3.21. The zero-order valence-electron chi connectivity index (χ0n) is 11.4. The standard InChI is InChI=1S/C14H19BrFNO2/c1-14(2,3)19-13(18)17-9-5-7-10-6-4-8-11(16)12(10)15/h4,6,8H,5,7,9H2,1-3H3,(H,17,18). The Morgan fingerprint density at radius 2 is 2.11 bits per heavy atom. The van der Waals surface area contributed by atoms with Crippen molar-refractivity contribution in [2.75, 3.05) is 6.54 Å². The fourth-order valence-corrected chi connectivity index (χ4v) is 1.99. The summed E-state index contributed by atoms with van der Waals surface area (Å²) in [5.74, 6) is -0.266. The van der Waals surface area contributed by atoms with Gasteiger partial charge < -0.3 is 10.1 Å². The van der Waals surface area contributed by atoms with E-state index in [1.807, 2.05) is 26.8 Å². The van der Waals surface area contributed by atoms with Gasteiger partial charge in [-0.25, -0.2) is 9.18 Å². The molecule has 1 amide bonds. The molecule has 0 atom stereocenters. The number of halogens is 2. The summed E-state index contributed by atoms with van der Waals surface area (Å²) in [7, 11) is 0. The van der Waals surface area contributed by atoms with Crippen LogP contribution in [0.5, 0.6) is 0 Å². The van der Waals surface area contributed by atoms with Crippen LogP contribution in [0.25, 0.3) is 0 Å². The van der Waals surface area contributed by atoms with Gasteiger partial charge in [-0.2, -0.15) is 0 Å². The highest BCUT2D eigenvalue weighted by molar-refractivity contribution is 9.10. The topological polar surface area (TPSA) is 38.3 Å². The third-order valence-corrected chi connectivity index (χ3v) is 3.21. The van der Waals surface area contributed by atoms with Crippen LogP contribution in [0.15, 0.2) is 22.7 Å². The highest BCUT2D eigenvalue weighted by Gasteiger charge is 2.15. The molecule has 0 unspecified atom stereocenters. The number of aryl methyl sites for hydroxylation is 1. The Morgan fingerprint density at radius 3 is 2.74 bits per heavy atom. The second-order valence-electron chi connectivity index (χ2n) is 5.25. The van der Waals surface area contributed by atoms with Crippen LogP contribution >= 0.6 is 15.9 Å². The minimum atomic E-state index is -0.490. The number of benzene rings is 1. The van der Waals surface area contributed by atoms with E-state index >= 15 is 0 Å². The van der Waals surface area contributed by atoms with Gasteiger partial charge in [0.25, 0.3) is 0 Å². The first-order chi connectivity index (χ1) is 8.79. The Labute approximate surface area is 121 Å². The molecule has 0 fully saturated rings. The van der Waals surface area contributed by atoms with E-state index in [9.17, 15) is 9.18 Å². The zero-order valence-corrected chi connectivity index (χ0v) is 13.0. The fraction of sp³-hybridized carbons (Fsp3) is 0.500. The molecule has 0 spiro atoms. The van der Waals surface area contributed by atoms with Crippen molar-refractivity contribution >= 4 is 22.0 Å². The molecule has 0 saturated heterocycles. The minimum Gasteiger partial charge on any atom is -0.444 e. The van der Waals surface area contributed by atoms with E-state index in [4.69, 9.17) is 4.74 Å². The van der Waals surface area contributed by atoms with Crippen LogP contribution in [0, 0.1) is 5.82 Å². The van der Waals surface area contributed by atoms with Crippen LogP contribution in [0.2, 0.25) is 0 Å². The van der Waals surface area contributed by atoms with Gasteiger partial charge in [0.1, 0.15) is 11.4 Å². The van der Waals surface area contributed by atoms with Crippen molar-refractivity contribution in [1.29, 1.82) is 0 Å². The molecule has 0 saturated carbocycles. The SMILES string of the molecule is CC(C)(C)OC(=O)NCCCc1cccc(F)c1Br. The first-order valence-corrected chi connectivity index (χ1v) is 6.98. The van der Waals surface area contributed by atoms with Crippen molar-refractivity contribution in [1.82, 2.24) is 5.32 Å². The summed E-state index contributed by atoms with van der Waals surface area (Å²) in [5, 5.41) is 2.67. The summed E-state index contributed by atoms with van der Waals surface area (Å²) in [5.41, 5.74) is 0.404. The van der Waals surface area contributed by atoms with Crippen LogP contribution in [-0.4, -0.2) is 18.2 Å². The van der Waals surface area contributed by atoms with E-state index in [0.29, 0.717) is 17.4 Å². The van der Waals surface area contributed by atoms with E-state index in [0.717, 1.165) is 12.0 Å². The van der Waals surface area contributed by atoms with Crippen molar-refractivity contribution in [3.05, 3.63) is 34.1 Å². The van der Waals surface area contributed by atoms with Gasteiger partial charge in [0.2, 0.25) is 0 Å². The second-order valence-corrected chi connectivity index (χ2v) is 6.04. The molecule has 106 valence electrons. The number of carbonyl (C=O) groups excluding carboxylic acids is 1. The number of nitrogens with one attached hydrogen (secondary N) is 1. The van der Waals surface area contributed by atoms with Gasteiger partial charge >= 0.3 is 6.09 Å². The van der Waals surface area contributed by atoms with Gasteiger partial charge in [0.15, 0.2) is 0 Å². The average Bonchev–Trinajstić information content (AvgIpc) is 2.27. The Bertz CT molecular complexity index is 444. The smallest absolute Gasteiger partial charge is 0.407 e. The molecule has 1 aromatic rings. The number of alkyl carbamates (subject to hydrolysis) is 1. The minimum absolute atomic E-state index is 0.266. The first-order valence-electron chi connectivity index (χ1n) is 6.19. The summed E-state index contributed by atoms with van der Waals surface area (Å²) in [6, 6.07) is 4.95. The lowest BCUT2D eigenvalue weighted by atomic mass is 10.1. The summed E-state index contributed by atoms with van der Waals surface area (Å²) in [4.78, 5) is 11.4. The monoisotopic (exact) mass is 331 g/mol. The number of hydrogen-bond acceptors (Lipinski definition) is 2. The number of ether oxygens (including phenoxy) is 1. The Hall–Kier alpha value is -1.10. The van der Waals surface area contributed by atoms with E-state index in [1.165, 1.54) is 6.07 Å². The molecule has 3 nitrogen and oxygen atoms in total. The number of amides is 1. The van der Waals surface area contributed by atoms with Gasteiger partial charge in [-0.3, -0.25) is 0 Å². The molecule has 0 aliphatic heterocycles. The van der Waals surface area contributed by atoms with Gasteiger partial charge in [0, 0.05) is 6.54 Å². The highest BCUT2D eigenvalue weighted by Crippen LogP contribution is 2.21. The normalized spacial score (nSPS) is 11.2. The average molecular weight is 332 g/mol. The van der Waals surface area contributed by atoms with Gasteiger partial charge in [-0.05, 0) is 61.2 Å². The van der Waals surface area contributed by atoms with Crippen molar-refractivity contribution in [2.24, 2.45) is 0 Å². The molecule has 0 aliphatic rings. The number of rotatable bonds is 4. The van der Waals surface area contributed by atoms with Gasteiger partial charge in [-0.1, -0.05) is 12.1 Å². The summed E-state index contributed by atoms with van der Waals surface area (Å²) < 4.78 is 18.9. The van der Waals surface area contributed by atoms with E-state index in [-0.39, 0.29) is 5.82 Å². The maximum absolute atomic E-state index is 13.3. The molecule has 0 aromatic heterocycles. The molecule has 1 N–H and O–H groups in total. The predicted molar refractivity (Wildman–Crippen MR) is 76.7 cm³/mol. The number of carbonyl (C=O) groups is 1. The zero-order chi connectivity index (χ0) is 14.5. The van der Waals surface area contributed by atoms with Crippen molar-refractivity contribution in [3.8, 4) is 0 Å². The molecular formula is C14H19BrFNO2. The van der Waals surface area contributed by atoms with Crippen molar-refractivity contribution in [3.63, 3.8) is 0 Å². The van der Waals surface area contributed by atoms with Crippen LogP contribution in [0.3, 0.4) is 0 Å². The largest absolute Gasteiger partial charge is 0.444 e. The quantitative estimate of drug-likeness (QED) is 0.845. The van der Waals surface area contributed by atoms with Crippen LogP contribution < -0.4 is 5.32 Å². The lowest BCUT2D eigenvalue weighted by molar-refractivity contribution is 0.0527. The third kappa shape index (κ3) is 6.05. The predicted octanol–water partition coefficient (Wildman–Crippen LogP) is 4.05. The van der Waals surface area contributed by atoms with Gasteiger partial charge in [-0.15, -0.1) is 0 Å². The van der Waals surface area contributed by atoms with Crippen molar-refractivity contribution in [2.45, 2.75) is 39.2 Å². The van der Waals surface area contributed by atoms with Crippen molar-refractivity contribution < 1.29 is 13.9 Å². The molecule has 1 rings (SSSR count). The highest BCUT2D eigenvalue weighted by atomic mass is 79.9. The Balaban J connectivity index is 2.32. The third-order valence-electron chi connectivity index (χ3n) is 2.32. The van der Waals surface area contributed by atoms with Crippen LogP contribution in [-0.2, 0) is 11.2 Å². The fourth-order valence-electron chi connectivity index (χ4n) is 1.53. The van der Waals surface area contributed by atoms with E-state index in [2.05, 4.69) is 21.2 Å². The Morgan fingerprint density at radius 1 is 1.42 bits per heavy atom. The van der Waals surface area contributed by atoms with E-state index < -0.39 is 11.7 Å². The van der Waals surface area contributed by atoms with E-state index in [1.54, 1.807) is 6.07 Å². The lowest BCUT2D eigenvalue weighted by Crippen LogP contribution is -2.33. The molecule has 5 heteroatoms. The first kappa shape index (κ1) is 16.0. The van der Waals surface area contributed by atoms with Crippen LogP contribution in [0.1, 0.15) is 32.8 Å². The summed E-state index contributed by atoms with van der Waals surface area (Å²) in [6.45, 7) is 5.95. The van der Waals surface area contributed by atoms with Crippen LogP contribution in [0.4, 0.5) is 9.18 Å². The maximum atomic E-state index is 13.3. The second kappa shape index (κ2) is 6.89. The molecule has 0 heterocycles. The molecule has 0 radical (unpaired) electrons. The maximum Gasteiger partial charge on any atom is 0.407 e. The molecular weight excluding hydrogens is 313 g/mol. The molecule has 19 heavy (non-hydrogen) atoms. The molecule has 0 bridgehead atoms. The molecule has 0 aliphatic carbocycles. The Kier molecular flexibility index (Phi) is 5.79. The lowest BCUT2D eigenvalue weighted by Gasteiger charge is -2.19. The summed E-state index contributed by atoms with van der Waals surface area (Å²) in [6.07, 6.45) is 0.987.